The second-order valence-electron chi connectivity index (χ2n) is 10.3. The van der Waals surface area contributed by atoms with Gasteiger partial charge in [0.25, 0.3) is 0 Å². The van der Waals surface area contributed by atoms with Crippen molar-refractivity contribution in [2.24, 2.45) is 0 Å². The van der Waals surface area contributed by atoms with Crippen LogP contribution in [0, 0.1) is 13.8 Å². The molecule has 0 aromatic heterocycles. The molecular formula is C35H38N2O4. The van der Waals surface area contributed by atoms with Gasteiger partial charge in [-0.05, 0) is 102 Å². The highest BCUT2D eigenvalue weighted by Gasteiger charge is 2.15. The van der Waals surface area contributed by atoms with Crippen LogP contribution in [0.3, 0.4) is 0 Å². The van der Waals surface area contributed by atoms with E-state index in [1.165, 1.54) is 22.8 Å². The molecule has 1 atom stereocenters. The first-order valence-electron chi connectivity index (χ1n) is 13.9. The fraction of sp³-hybridized carbons (Fsp3) is 0.229. The minimum Gasteiger partial charge on any atom is -0.490 e. The van der Waals surface area contributed by atoms with Gasteiger partial charge in [-0.15, -0.1) is 0 Å². The molecule has 0 saturated carbocycles. The van der Waals surface area contributed by atoms with Crippen molar-refractivity contribution >= 4 is 23.4 Å². The number of benzene rings is 4. The summed E-state index contributed by atoms with van der Waals surface area (Å²) in [6.07, 6.45) is 4.75. The number of hydrogen-bond acceptors (Lipinski definition) is 5. The summed E-state index contributed by atoms with van der Waals surface area (Å²) < 4.78 is 11.6. The monoisotopic (exact) mass is 550 g/mol. The van der Waals surface area contributed by atoms with Crippen molar-refractivity contribution in [2.75, 3.05) is 24.7 Å². The van der Waals surface area contributed by atoms with E-state index in [2.05, 4.69) is 44.2 Å². The van der Waals surface area contributed by atoms with Crippen molar-refractivity contribution in [2.45, 2.75) is 39.5 Å². The largest absolute Gasteiger partial charge is 0.490 e. The van der Waals surface area contributed by atoms with Gasteiger partial charge in [-0.1, -0.05) is 61.5 Å². The minimum absolute atomic E-state index is 0.340. The number of aryl methyl sites for hydroxylation is 2. The third kappa shape index (κ3) is 7.70. The number of aliphatic carboxylic acids is 1. The van der Waals surface area contributed by atoms with Crippen molar-refractivity contribution in [3.05, 3.63) is 113 Å². The SMILES string of the molecule is CCC(Cc1ccc(OCCOc2c(N)cc(C)cc2N)cc1)c1ccc(-c2ccccc2/C=C/C(=O)O)cc1C. The van der Waals surface area contributed by atoms with Crippen LogP contribution in [0.1, 0.15) is 47.1 Å². The van der Waals surface area contributed by atoms with E-state index in [-0.39, 0.29) is 0 Å². The molecule has 0 aliphatic carbocycles. The van der Waals surface area contributed by atoms with Gasteiger partial charge in [0.15, 0.2) is 5.75 Å². The highest BCUT2D eigenvalue weighted by Crippen LogP contribution is 2.33. The number of anilines is 2. The summed E-state index contributed by atoms with van der Waals surface area (Å²) >= 11 is 0. The summed E-state index contributed by atoms with van der Waals surface area (Å²) in [5.41, 5.74) is 20.9. The zero-order valence-corrected chi connectivity index (χ0v) is 23.9. The fourth-order valence-corrected chi connectivity index (χ4v) is 5.15. The summed E-state index contributed by atoms with van der Waals surface area (Å²) in [6.45, 7) is 7.02. The molecule has 0 radical (unpaired) electrons. The second-order valence-corrected chi connectivity index (χ2v) is 10.3. The average molecular weight is 551 g/mol. The van der Waals surface area contributed by atoms with E-state index in [4.69, 9.17) is 26.0 Å². The molecule has 212 valence electrons. The summed E-state index contributed by atoms with van der Waals surface area (Å²) in [5.74, 6) is 0.700. The van der Waals surface area contributed by atoms with E-state index in [1.54, 1.807) is 6.08 Å². The molecule has 6 nitrogen and oxygen atoms in total. The first kappa shape index (κ1) is 29.3. The van der Waals surface area contributed by atoms with E-state index in [0.717, 1.165) is 40.8 Å². The molecule has 4 aromatic carbocycles. The van der Waals surface area contributed by atoms with E-state index in [1.807, 2.05) is 55.5 Å². The molecule has 0 spiro atoms. The number of carboxylic acids is 1. The van der Waals surface area contributed by atoms with Crippen LogP contribution in [0.5, 0.6) is 11.5 Å². The lowest BCUT2D eigenvalue weighted by Crippen LogP contribution is -2.11. The Morgan fingerprint density at radius 1 is 0.902 bits per heavy atom. The number of rotatable bonds is 12. The highest BCUT2D eigenvalue weighted by molar-refractivity contribution is 5.88. The molecule has 0 aliphatic rings. The van der Waals surface area contributed by atoms with Gasteiger partial charge >= 0.3 is 5.97 Å². The van der Waals surface area contributed by atoms with Crippen molar-refractivity contribution in [1.82, 2.24) is 0 Å². The van der Waals surface area contributed by atoms with E-state index in [9.17, 15) is 4.79 Å². The van der Waals surface area contributed by atoms with Gasteiger partial charge in [-0.3, -0.25) is 0 Å². The van der Waals surface area contributed by atoms with Gasteiger partial charge in [0, 0.05) is 6.08 Å². The highest BCUT2D eigenvalue weighted by atomic mass is 16.5. The van der Waals surface area contributed by atoms with Crippen LogP contribution in [0.2, 0.25) is 0 Å². The Balaban J connectivity index is 1.37. The first-order chi connectivity index (χ1) is 19.7. The van der Waals surface area contributed by atoms with Gasteiger partial charge in [0.1, 0.15) is 19.0 Å². The summed E-state index contributed by atoms with van der Waals surface area (Å²) in [6, 6.07) is 26.3. The number of carbonyl (C=O) groups is 1. The Bertz CT molecular complexity index is 1500. The third-order valence-corrected chi connectivity index (χ3v) is 7.17. The van der Waals surface area contributed by atoms with Gasteiger partial charge in [-0.25, -0.2) is 4.79 Å². The van der Waals surface area contributed by atoms with Crippen LogP contribution in [0.4, 0.5) is 11.4 Å². The Labute approximate surface area is 242 Å². The molecule has 41 heavy (non-hydrogen) atoms. The second kappa shape index (κ2) is 13.6. The van der Waals surface area contributed by atoms with Crippen LogP contribution in [-0.4, -0.2) is 24.3 Å². The molecule has 0 heterocycles. The maximum atomic E-state index is 11.0. The average Bonchev–Trinajstić information content (AvgIpc) is 2.95. The Morgan fingerprint density at radius 3 is 2.24 bits per heavy atom. The van der Waals surface area contributed by atoms with Crippen LogP contribution >= 0.6 is 0 Å². The lowest BCUT2D eigenvalue weighted by atomic mass is 9.85. The standard InChI is InChI=1S/C35H38N2O4/c1-4-26(30-15-11-28(21-24(30)3)31-8-6-5-7-27(31)12-16-34(38)39)22-25-9-13-29(14-10-25)40-17-18-41-35-32(36)19-23(2)20-33(35)37/h5-16,19-21,26H,4,17-18,22,36-37H2,1-3H3,(H,38,39)/b16-12+. The maximum absolute atomic E-state index is 11.0. The summed E-state index contributed by atoms with van der Waals surface area (Å²) in [4.78, 5) is 11.0. The van der Waals surface area contributed by atoms with Gasteiger partial charge in [-0.2, -0.15) is 0 Å². The van der Waals surface area contributed by atoms with Crippen molar-refractivity contribution < 1.29 is 19.4 Å². The Morgan fingerprint density at radius 2 is 1.59 bits per heavy atom. The zero-order chi connectivity index (χ0) is 29.4. The lowest BCUT2D eigenvalue weighted by Gasteiger charge is -2.19. The van der Waals surface area contributed by atoms with Crippen LogP contribution in [-0.2, 0) is 11.2 Å². The Hall–Kier alpha value is -4.71. The molecule has 0 fully saturated rings. The predicted octanol–water partition coefficient (Wildman–Crippen LogP) is 7.43. The van der Waals surface area contributed by atoms with Gasteiger partial charge in [0.2, 0.25) is 0 Å². The van der Waals surface area contributed by atoms with Crippen LogP contribution < -0.4 is 20.9 Å². The first-order valence-corrected chi connectivity index (χ1v) is 13.9. The molecule has 0 aliphatic heterocycles. The number of nitrogens with two attached hydrogens (primary N) is 2. The molecule has 0 saturated heterocycles. The quantitative estimate of drug-likeness (QED) is 0.0962. The van der Waals surface area contributed by atoms with E-state index < -0.39 is 5.97 Å². The van der Waals surface area contributed by atoms with Crippen molar-refractivity contribution in [1.29, 1.82) is 0 Å². The van der Waals surface area contributed by atoms with Gasteiger partial charge < -0.3 is 26.0 Å². The molecule has 4 rings (SSSR count). The van der Waals surface area contributed by atoms with Crippen molar-refractivity contribution in [3.63, 3.8) is 0 Å². The summed E-state index contributed by atoms with van der Waals surface area (Å²) in [7, 11) is 0. The normalized spacial score (nSPS) is 11.9. The fourth-order valence-electron chi connectivity index (χ4n) is 5.15. The molecule has 5 N–H and O–H groups in total. The predicted molar refractivity (Wildman–Crippen MR) is 167 cm³/mol. The molecular weight excluding hydrogens is 512 g/mol. The smallest absolute Gasteiger partial charge is 0.328 e. The molecule has 0 amide bonds. The molecule has 0 bridgehead atoms. The van der Waals surface area contributed by atoms with Crippen LogP contribution in [0.15, 0.2) is 84.9 Å². The Kier molecular flexibility index (Phi) is 9.69. The topological polar surface area (TPSA) is 108 Å². The number of nitrogen functional groups attached to an aromatic ring is 2. The number of ether oxygens (including phenoxy) is 2. The number of carboxylic acid groups (broad SMARTS) is 1. The maximum Gasteiger partial charge on any atom is 0.328 e. The molecule has 1 unspecified atom stereocenters. The molecule has 6 heteroatoms. The molecule has 4 aromatic rings. The van der Waals surface area contributed by atoms with E-state index >= 15 is 0 Å². The zero-order valence-electron chi connectivity index (χ0n) is 23.9. The number of hydrogen-bond donors (Lipinski definition) is 3. The minimum atomic E-state index is -0.958. The van der Waals surface area contributed by atoms with Crippen molar-refractivity contribution in [3.8, 4) is 22.6 Å². The lowest BCUT2D eigenvalue weighted by molar-refractivity contribution is -0.131. The summed E-state index contributed by atoms with van der Waals surface area (Å²) in [5, 5.41) is 9.05. The van der Waals surface area contributed by atoms with Crippen LogP contribution in [0.25, 0.3) is 17.2 Å². The third-order valence-electron chi connectivity index (χ3n) is 7.17. The van der Waals surface area contributed by atoms with E-state index in [0.29, 0.717) is 36.3 Å². The van der Waals surface area contributed by atoms with Gasteiger partial charge in [0.05, 0.1) is 11.4 Å².